The monoisotopic (exact) mass is 173 g/mol. The van der Waals surface area contributed by atoms with Gasteiger partial charge in [-0.3, -0.25) is 9.69 Å². The largest absolute Gasteiger partial charge is 0.480 e. The molecule has 1 heterocycles. The van der Waals surface area contributed by atoms with Crippen molar-refractivity contribution in [1.29, 1.82) is 0 Å². The van der Waals surface area contributed by atoms with Crippen LogP contribution in [0.25, 0.3) is 0 Å². The van der Waals surface area contributed by atoms with Crippen molar-refractivity contribution in [3.8, 4) is 0 Å². The summed E-state index contributed by atoms with van der Waals surface area (Å²) in [7, 11) is 0. The summed E-state index contributed by atoms with van der Waals surface area (Å²) >= 11 is 0. The van der Waals surface area contributed by atoms with Crippen LogP contribution in [0.5, 0.6) is 0 Å². The Labute approximate surface area is 71.8 Å². The fourth-order valence-electron chi connectivity index (χ4n) is 1.57. The number of aliphatic hydroxyl groups is 1. The highest BCUT2D eigenvalue weighted by molar-refractivity contribution is 5.73. The van der Waals surface area contributed by atoms with Gasteiger partial charge in [-0.15, -0.1) is 0 Å². The van der Waals surface area contributed by atoms with Crippen molar-refractivity contribution in [2.75, 3.05) is 19.7 Å². The highest BCUT2D eigenvalue weighted by Gasteiger charge is 2.34. The van der Waals surface area contributed by atoms with E-state index < -0.39 is 5.97 Å². The van der Waals surface area contributed by atoms with Gasteiger partial charge in [-0.05, 0) is 6.42 Å². The molecule has 4 heteroatoms. The van der Waals surface area contributed by atoms with Crippen LogP contribution >= 0.6 is 0 Å². The fourth-order valence-corrected chi connectivity index (χ4v) is 1.57. The Morgan fingerprint density at radius 1 is 1.67 bits per heavy atom. The first-order valence-electron chi connectivity index (χ1n) is 4.26. The zero-order valence-electron chi connectivity index (χ0n) is 7.23. The Morgan fingerprint density at radius 3 is 2.58 bits per heavy atom. The van der Waals surface area contributed by atoms with E-state index in [2.05, 4.69) is 0 Å². The second kappa shape index (κ2) is 3.87. The zero-order chi connectivity index (χ0) is 9.14. The Kier molecular flexibility index (Phi) is 3.05. The molecule has 0 aromatic rings. The van der Waals surface area contributed by atoms with Gasteiger partial charge in [-0.25, -0.2) is 0 Å². The molecule has 4 nitrogen and oxygen atoms in total. The molecule has 70 valence electrons. The molecule has 1 aliphatic heterocycles. The number of hydrogen-bond donors (Lipinski definition) is 2. The summed E-state index contributed by atoms with van der Waals surface area (Å²) in [4.78, 5) is 12.5. The first kappa shape index (κ1) is 9.48. The van der Waals surface area contributed by atoms with Crippen molar-refractivity contribution in [2.24, 2.45) is 5.92 Å². The third-order valence-corrected chi connectivity index (χ3v) is 2.36. The number of aliphatic carboxylic acids is 1. The smallest absolute Gasteiger partial charge is 0.320 e. The number of carbonyl (C=O) groups is 1. The van der Waals surface area contributed by atoms with Gasteiger partial charge in [0, 0.05) is 25.6 Å². The maximum absolute atomic E-state index is 10.7. The molecule has 0 aliphatic carbocycles. The molecular weight excluding hydrogens is 158 g/mol. The molecule has 0 saturated carbocycles. The summed E-state index contributed by atoms with van der Waals surface area (Å²) in [6.45, 7) is 3.49. The molecule has 0 aromatic carbocycles. The normalized spacial score (nSPS) is 21.8. The second-order valence-electron chi connectivity index (χ2n) is 3.26. The first-order chi connectivity index (χ1) is 5.69. The summed E-state index contributed by atoms with van der Waals surface area (Å²) < 4.78 is 0. The van der Waals surface area contributed by atoms with Crippen LogP contribution in [0.1, 0.15) is 13.3 Å². The van der Waals surface area contributed by atoms with E-state index in [9.17, 15) is 4.79 Å². The van der Waals surface area contributed by atoms with E-state index in [4.69, 9.17) is 10.2 Å². The van der Waals surface area contributed by atoms with Crippen LogP contribution in [0.4, 0.5) is 0 Å². The minimum atomic E-state index is -0.756. The van der Waals surface area contributed by atoms with Crippen LogP contribution in [0.3, 0.4) is 0 Å². The fraction of sp³-hybridized carbons (Fsp3) is 0.875. The SMILES string of the molecule is CCC(C(=O)O)N1CC(CO)C1. The molecule has 0 radical (unpaired) electrons. The summed E-state index contributed by atoms with van der Waals surface area (Å²) in [5.41, 5.74) is 0. The molecule has 1 atom stereocenters. The average Bonchev–Trinajstić information content (AvgIpc) is 1.94. The third-order valence-electron chi connectivity index (χ3n) is 2.36. The molecule has 0 aromatic heterocycles. The van der Waals surface area contributed by atoms with E-state index in [1.807, 2.05) is 11.8 Å². The Hall–Kier alpha value is -0.610. The predicted octanol–water partition coefficient (Wildman–Crippen LogP) is -0.226. The third kappa shape index (κ3) is 1.76. The summed E-state index contributed by atoms with van der Waals surface area (Å²) in [6, 6.07) is -0.354. The van der Waals surface area contributed by atoms with Gasteiger partial charge in [0.25, 0.3) is 0 Å². The van der Waals surface area contributed by atoms with Crippen molar-refractivity contribution in [3.05, 3.63) is 0 Å². The number of carboxylic acids is 1. The predicted molar refractivity (Wildman–Crippen MR) is 43.9 cm³/mol. The second-order valence-corrected chi connectivity index (χ2v) is 3.26. The number of likely N-dealkylation sites (tertiary alicyclic amines) is 1. The number of rotatable bonds is 4. The van der Waals surface area contributed by atoms with Gasteiger partial charge in [0.15, 0.2) is 0 Å². The Bertz CT molecular complexity index is 166. The number of carboxylic acid groups (broad SMARTS) is 1. The van der Waals surface area contributed by atoms with Gasteiger partial charge in [-0.2, -0.15) is 0 Å². The van der Waals surface area contributed by atoms with Crippen molar-refractivity contribution in [3.63, 3.8) is 0 Å². The van der Waals surface area contributed by atoms with Gasteiger partial charge in [0.2, 0.25) is 0 Å². The number of hydrogen-bond acceptors (Lipinski definition) is 3. The quantitative estimate of drug-likeness (QED) is 0.616. The summed E-state index contributed by atoms with van der Waals surface area (Å²) in [5.74, 6) is -0.465. The molecule has 1 aliphatic rings. The van der Waals surface area contributed by atoms with E-state index in [1.165, 1.54) is 0 Å². The van der Waals surface area contributed by atoms with E-state index in [0.29, 0.717) is 12.3 Å². The molecule has 0 amide bonds. The maximum Gasteiger partial charge on any atom is 0.320 e. The van der Waals surface area contributed by atoms with E-state index >= 15 is 0 Å². The standard InChI is InChI=1S/C8H15NO3/c1-2-7(8(11)12)9-3-6(4-9)5-10/h6-7,10H,2-5H2,1H3,(H,11,12). The lowest BCUT2D eigenvalue weighted by Gasteiger charge is -2.41. The molecular formula is C8H15NO3. The molecule has 1 fully saturated rings. The van der Waals surface area contributed by atoms with Crippen LogP contribution in [-0.2, 0) is 4.79 Å². The van der Waals surface area contributed by atoms with Crippen molar-refractivity contribution < 1.29 is 15.0 Å². The topological polar surface area (TPSA) is 60.8 Å². The highest BCUT2D eigenvalue weighted by atomic mass is 16.4. The van der Waals surface area contributed by atoms with E-state index in [1.54, 1.807) is 0 Å². The number of nitrogens with zero attached hydrogens (tertiary/aromatic N) is 1. The van der Waals surface area contributed by atoms with Crippen LogP contribution < -0.4 is 0 Å². The van der Waals surface area contributed by atoms with Crippen LogP contribution in [0.15, 0.2) is 0 Å². The van der Waals surface area contributed by atoms with Gasteiger partial charge >= 0.3 is 5.97 Å². The lowest BCUT2D eigenvalue weighted by Crippen LogP contribution is -2.55. The molecule has 1 saturated heterocycles. The van der Waals surface area contributed by atoms with E-state index in [-0.39, 0.29) is 12.6 Å². The minimum Gasteiger partial charge on any atom is -0.480 e. The summed E-state index contributed by atoms with van der Waals surface area (Å²) in [5, 5.41) is 17.5. The minimum absolute atomic E-state index is 0.173. The number of aliphatic hydroxyl groups excluding tert-OH is 1. The summed E-state index contributed by atoms with van der Waals surface area (Å²) in [6.07, 6.45) is 0.632. The first-order valence-corrected chi connectivity index (χ1v) is 4.26. The van der Waals surface area contributed by atoms with E-state index in [0.717, 1.165) is 13.1 Å². The van der Waals surface area contributed by atoms with Gasteiger partial charge < -0.3 is 10.2 Å². The molecule has 0 spiro atoms. The molecule has 1 rings (SSSR count). The highest BCUT2D eigenvalue weighted by Crippen LogP contribution is 2.19. The van der Waals surface area contributed by atoms with Crippen LogP contribution in [0, 0.1) is 5.92 Å². The lowest BCUT2D eigenvalue weighted by atomic mass is 9.98. The van der Waals surface area contributed by atoms with Gasteiger partial charge in [-0.1, -0.05) is 6.92 Å². The van der Waals surface area contributed by atoms with Crippen molar-refractivity contribution >= 4 is 5.97 Å². The zero-order valence-corrected chi connectivity index (χ0v) is 7.23. The van der Waals surface area contributed by atoms with Crippen LogP contribution in [0.2, 0.25) is 0 Å². The van der Waals surface area contributed by atoms with Crippen molar-refractivity contribution in [2.45, 2.75) is 19.4 Å². The molecule has 2 N–H and O–H groups in total. The average molecular weight is 173 g/mol. The Balaban J connectivity index is 2.34. The molecule has 1 unspecified atom stereocenters. The van der Waals surface area contributed by atoms with Crippen molar-refractivity contribution in [1.82, 2.24) is 4.90 Å². The maximum atomic E-state index is 10.7. The van der Waals surface area contributed by atoms with Crippen LogP contribution in [-0.4, -0.2) is 46.8 Å². The van der Waals surface area contributed by atoms with Gasteiger partial charge in [0.05, 0.1) is 0 Å². The Morgan fingerprint density at radius 2 is 2.25 bits per heavy atom. The molecule has 0 bridgehead atoms. The lowest BCUT2D eigenvalue weighted by molar-refractivity contribution is -0.147. The molecule has 12 heavy (non-hydrogen) atoms. The van der Waals surface area contributed by atoms with Gasteiger partial charge in [0.1, 0.15) is 6.04 Å².